The molecule has 0 aromatic carbocycles. The van der Waals surface area contributed by atoms with Crippen LogP contribution in [0.4, 0.5) is 0 Å². The van der Waals surface area contributed by atoms with E-state index in [0.717, 1.165) is 13.0 Å². The molecule has 2 N–H and O–H groups in total. The molecule has 1 saturated heterocycles. The molecule has 1 atom stereocenters. The molecular formula is C13H26N2O2. The molecule has 0 aromatic heterocycles. The van der Waals surface area contributed by atoms with Gasteiger partial charge in [0.25, 0.3) is 0 Å². The minimum Gasteiger partial charge on any atom is -0.480 e. The molecule has 1 aliphatic rings. The second-order valence-electron chi connectivity index (χ2n) is 5.17. The van der Waals surface area contributed by atoms with Gasteiger partial charge in [-0.15, -0.1) is 0 Å². The fourth-order valence-corrected chi connectivity index (χ4v) is 2.50. The molecule has 4 nitrogen and oxygen atoms in total. The summed E-state index contributed by atoms with van der Waals surface area (Å²) in [5, 5.41) is 12.3. The Hall–Kier alpha value is -0.610. The van der Waals surface area contributed by atoms with E-state index < -0.39 is 11.5 Å². The first kappa shape index (κ1) is 14.5. The lowest BCUT2D eigenvalue weighted by Crippen LogP contribution is -2.49. The molecule has 0 aromatic rings. The lowest BCUT2D eigenvalue weighted by molar-refractivity contribution is -0.144. The van der Waals surface area contributed by atoms with Crippen LogP contribution in [0.25, 0.3) is 0 Å². The summed E-state index contributed by atoms with van der Waals surface area (Å²) in [6.07, 6.45) is 5.59. The van der Waals surface area contributed by atoms with Gasteiger partial charge in [-0.05, 0) is 58.8 Å². The van der Waals surface area contributed by atoms with Crippen LogP contribution in [0.2, 0.25) is 0 Å². The van der Waals surface area contributed by atoms with Crippen LogP contribution in [0.1, 0.15) is 46.0 Å². The van der Waals surface area contributed by atoms with E-state index in [9.17, 15) is 9.90 Å². The largest absolute Gasteiger partial charge is 0.480 e. The standard InChI is InChI=1S/C13H26N2O2/c1-3-14-13(2,12(16)17)8-7-11-15-9-5-4-6-10-15/h14H,3-11H2,1-2H3,(H,16,17). The molecule has 0 amide bonds. The van der Waals surface area contributed by atoms with Crippen LogP contribution in [0, 0.1) is 0 Å². The topological polar surface area (TPSA) is 52.6 Å². The number of hydrogen-bond acceptors (Lipinski definition) is 3. The smallest absolute Gasteiger partial charge is 0.323 e. The van der Waals surface area contributed by atoms with E-state index >= 15 is 0 Å². The zero-order chi connectivity index (χ0) is 12.7. The fraction of sp³-hybridized carbons (Fsp3) is 0.923. The first-order chi connectivity index (χ1) is 8.08. The van der Waals surface area contributed by atoms with E-state index in [1.165, 1.54) is 32.4 Å². The van der Waals surface area contributed by atoms with E-state index in [0.29, 0.717) is 13.0 Å². The van der Waals surface area contributed by atoms with Crippen molar-refractivity contribution in [2.75, 3.05) is 26.2 Å². The Bertz CT molecular complexity index is 240. The van der Waals surface area contributed by atoms with Crippen LogP contribution < -0.4 is 5.32 Å². The second kappa shape index (κ2) is 6.97. The lowest BCUT2D eigenvalue weighted by Gasteiger charge is -2.29. The molecule has 1 aliphatic heterocycles. The van der Waals surface area contributed by atoms with Crippen LogP contribution in [0.5, 0.6) is 0 Å². The monoisotopic (exact) mass is 242 g/mol. The average Bonchev–Trinajstić information content (AvgIpc) is 2.30. The maximum Gasteiger partial charge on any atom is 0.323 e. The zero-order valence-electron chi connectivity index (χ0n) is 11.2. The molecule has 1 heterocycles. The number of carbonyl (C=O) groups is 1. The number of nitrogens with zero attached hydrogens (tertiary/aromatic N) is 1. The maximum atomic E-state index is 11.2. The Kier molecular flexibility index (Phi) is 5.92. The quantitative estimate of drug-likeness (QED) is 0.713. The normalized spacial score (nSPS) is 21.1. The van der Waals surface area contributed by atoms with Crippen LogP contribution in [-0.2, 0) is 4.79 Å². The third-order valence-electron chi connectivity index (χ3n) is 3.64. The van der Waals surface area contributed by atoms with Crippen LogP contribution in [0.15, 0.2) is 0 Å². The van der Waals surface area contributed by atoms with Gasteiger partial charge in [-0.2, -0.15) is 0 Å². The summed E-state index contributed by atoms with van der Waals surface area (Å²) in [4.78, 5) is 13.7. The molecule has 0 saturated carbocycles. The van der Waals surface area contributed by atoms with E-state index in [4.69, 9.17) is 0 Å². The number of carboxylic acids is 1. The predicted octanol–water partition coefficient (Wildman–Crippen LogP) is 1.71. The number of likely N-dealkylation sites (tertiary alicyclic amines) is 1. The number of rotatable bonds is 7. The third kappa shape index (κ3) is 4.64. The van der Waals surface area contributed by atoms with Crippen molar-refractivity contribution in [2.45, 2.75) is 51.5 Å². The van der Waals surface area contributed by atoms with E-state index in [-0.39, 0.29) is 0 Å². The van der Waals surface area contributed by atoms with Gasteiger partial charge in [0.2, 0.25) is 0 Å². The highest BCUT2D eigenvalue weighted by Crippen LogP contribution is 2.15. The number of nitrogens with one attached hydrogen (secondary N) is 1. The molecule has 0 radical (unpaired) electrons. The first-order valence-electron chi connectivity index (χ1n) is 6.79. The Balaban J connectivity index is 2.28. The Morgan fingerprint density at radius 2 is 2.00 bits per heavy atom. The van der Waals surface area contributed by atoms with Gasteiger partial charge < -0.3 is 15.3 Å². The van der Waals surface area contributed by atoms with Gasteiger partial charge in [-0.3, -0.25) is 4.79 Å². The molecule has 1 fully saturated rings. The fourth-order valence-electron chi connectivity index (χ4n) is 2.50. The Morgan fingerprint density at radius 1 is 1.35 bits per heavy atom. The van der Waals surface area contributed by atoms with E-state index in [1.807, 2.05) is 6.92 Å². The summed E-state index contributed by atoms with van der Waals surface area (Å²) >= 11 is 0. The van der Waals surface area contributed by atoms with Gasteiger partial charge in [0.05, 0.1) is 0 Å². The molecule has 4 heteroatoms. The molecular weight excluding hydrogens is 216 g/mol. The van der Waals surface area contributed by atoms with Gasteiger partial charge in [0, 0.05) is 0 Å². The van der Waals surface area contributed by atoms with Crippen molar-refractivity contribution in [1.29, 1.82) is 0 Å². The Morgan fingerprint density at radius 3 is 2.53 bits per heavy atom. The van der Waals surface area contributed by atoms with Gasteiger partial charge in [0.15, 0.2) is 0 Å². The van der Waals surface area contributed by atoms with Crippen LogP contribution in [-0.4, -0.2) is 47.7 Å². The van der Waals surface area contributed by atoms with Crippen molar-refractivity contribution < 1.29 is 9.90 Å². The van der Waals surface area contributed by atoms with Crippen molar-refractivity contribution in [3.05, 3.63) is 0 Å². The lowest BCUT2D eigenvalue weighted by atomic mass is 9.95. The minimum absolute atomic E-state index is 0.701. The van der Waals surface area contributed by atoms with Crippen molar-refractivity contribution in [3.63, 3.8) is 0 Å². The summed E-state index contributed by atoms with van der Waals surface area (Å²) < 4.78 is 0. The van der Waals surface area contributed by atoms with Gasteiger partial charge in [0.1, 0.15) is 5.54 Å². The molecule has 0 bridgehead atoms. The molecule has 0 spiro atoms. The molecule has 100 valence electrons. The Labute approximate surface area is 104 Å². The van der Waals surface area contributed by atoms with Gasteiger partial charge >= 0.3 is 5.97 Å². The highest BCUT2D eigenvalue weighted by Gasteiger charge is 2.31. The first-order valence-corrected chi connectivity index (χ1v) is 6.79. The summed E-state index contributed by atoms with van der Waals surface area (Å²) in [6, 6.07) is 0. The maximum absolute atomic E-state index is 11.2. The predicted molar refractivity (Wildman–Crippen MR) is 69.2 cm³/mol. The van der Waals surface area contributed by atoms with Crippen LogP contribution in [0.3, 0.4) is 0 Å². The van der Waals surface area contributed by atoms with Crippen molar-refractivity contribution >= 4 is 5.97 Å². The highest BCUT2D eigenvalue weighted by atomic mass is 16.4. The van der Waals surface area contributed by atoms with Crippen LogP contribution >= 0.6 is 0 Å². The highest BCUT2D eigenvalue weighted by molar-refractivity contribution is 5.78. The van der Waals surface area contributed by atoms with Gasteiger partial charge in [-0.1, -0.05) is 13.3 Å². The third-order valence-corrected chi connectivity index (χ3v) is 3.64. The summed E-state index contributed by atoms with van der Waals surface area (Å²) in [5.74, 6) is -0.738. The van der Waals surface area contributed by atoms with Crippen molar-refractivity contribution in [1.82, 2.24) is 10.2 Å². The zero-order valence-corrected chi connectivity index (χ0v) is 11.2. The van der Waals surface area contributed by atoms with Gasteiger partial charge in [-0.25, -0.2) is 0 Å². The molecule has 0 aliphatic carbocycles. The number of aliphatic carboxylic acids is 1. The number of hydrogen-bond donors (Lipinski definition) is 2. The van der Waals surface area contributed by atoms with E-state index in [2.05, 4.69) is 10.2 Å². The van der Waals surface area contributed by atoms with Crippen molar-refractivity contribution in [3.8, 4) is 0 Å². The second-order valence-corrected chi connectivity index (χ2v) is 5.17. The number of likely N-dealkylation sites (N-methyl/N-ethyl adjacent to an activating group) is 1. The molecule has 1 rings (SSSR count). The number of carboxylic acid groups (broad SMARTS) is 1. The SMILES string of the molecule is CCNC(C)(CCCN1CCCCC1)C(=O)O. The van der Waals surface area contributed by atoms with E-state index in [1.54, 1.807) is 6.92 Å². The minimum atomic E-state index is -0.759. The summed E-state index contributed by atoms with van der Waals surface area (Å²) in [5.41, 5.74) is -0.759. The van der Waals surface area contributed by atoms with Crippen molar-refractivity contribution in [2.24, 2.45) is 0 Å². The average molecular weight is 242 g/mol. The summed E-state index contributed by atoms with van der Waals surface area (Å²) in [7, 11) is 0. The number of piperidine rings is 1. The molecule has 17 heavy (non-hydrogen) atoms. The molecule has 1 unspecified atom stereocenters. The summed E-state index contributed by atoms with van der Waals surface area (Å²) in [6.45, 7) is 7.84.